The number of amides is 1. The third kappa shape index (κ3) is 3.55. The molecule has 1 saturated carbocycles. The number of aliphatic hydroxyl groups is 1. The molecule has 0 aliphatic heterocycles. The molecule has 1 fully saturated rings. The third-order valence-electron chi connectivity index (χ3n) is 4.31. The number of fused-ring (bicyclic) bond motifs is 1. The Morgan fingerprint density at radius 1 is 1.48 bits per heavy atom. The van der Waals surface area contributed by atoms with Crippen molar-refractivity contribution in [1.29, 1.82) is 0 Å². The normalized spacial score (nSPS) is 16.5. The van der Waals surface area contributed by atoms with Crippen molar-refractivity contribution < 1.29 is 9.90 Å². The van der Waals surface area contributed by atoms with Crippen LogP contribution >= 0.6 is 0 Å². The summed E-state index contributed by atoms with van der Waals surface area (Å²) in [5, 5.41) is 12.5. The summed E-state index contributed by atoms with van der Waals surface area (Å²) in [6, 6.07) is 5.84. The largest absolute Gasteiger partial charge is 0.393 e. The Kier molecular flexibility index (Phi) is 4.15. The monoisotopic (exact) mass is 315 g/mol. The standard InChI is InChI=1S/C18H25N3O2/c1-12(22)10-18(2,3)11-19-17(23)15-14-6-4-5-9-21(14)16(20-15)13-7-8-13/h4-6,9,12-13,22H,7-8,10-11H2,1-3H3,(H,19,23). The van der Waals surface area contributed by atoms with Crippen LogP contribution in [0.25, 0.3) is 5.52 Å². The molecule has 5 nitrogen and oxygen atoms in total. The number of aromatic nitrogens is 2. The van der Waals surface area contributed by atoms with E-state index in [0.29, 0.717) is 24.6 Å². The number of nitrogens with zero attached hydrogens (tertiary/aromatic N) is 2. The summed E-state index contributed by atoms with van der Waals surface area (Å²) >= 11 is 0. The molecule has 124 valence electrons. The number of pyridine rings is 1. The second kappa shape index (κ2) is 5.96. The first-order valence-corrected chi connectivity index (χ1v) is 8.31. The van der Waals surface area contributed by atoms with E-state index in [2.05, 4.69) is 10.3 Å². The summed E-state index contributed by atoms with van der Waals surface area (Å²) in [6.07, 6.45) is 4.54. The number of rotatable bonds is 6. The molecule has 5 heteroatoms. The van der Waals surface area contributed by atoms with E-state index in [1.54, 1.807) is 6.92 Å². The van der Waals surface area contributed by atoms with Crippen LogP contribution in [0.1, 0.15) is 62.3 Å². The second-order valence-corrected chi connectivity index (χ2v) is 7.45. The van der Waals surface area contributed by atoms with Gasteiger partial charge in [-0.3, -0.25) is 4.79 Å². The van der Waals surface area contributed by atoms with Crippen LogP contribution < -0.4 is 5.32 Å². The SMILES string of the molecule is CC(O)CC(C)(C)CNC(=O)c1nc(C2CC2)n2ccccc12. The maximum atomic E-state index is 12.6. The highest BCUT2D eigenvalue weighted by Crippen LogP contribution is 2.40. The van der Waals surface area contributed by atoms with Gasteiger partial charge in [-0.05, 0) is 43.7 Å². The van der Waals surface area contributed by atoms with Crippen LogP contribution in [0.5, 0.6) is 0 Å². The zero-order valence-corrected chi connectivity index (χ0v) is 14.0. The molecule has 23 heavy (non-hydrogen) atoms. The van der Waals surface area contributed by atoms with Crippen molar-refractivity contribution in [2.45, 2.75) is 52.1 Å². The van der Waals surface area contributed by atoms with Crippen LogP contribution in [-0.4, -0.2) is 33.0 Å². The molecule has 3 rings (SSSR count). The number of nitrogens with one attached hydrogen (secondary N) is 1. The van der Waals surface area contributed by atoms with E-state index in [9.17, 15) is 9.90 Å². The first-order chi connectivity index (χ1) is 10.9. The lowest BCUT2D eigenvalue weighted by molar-refractivity contribution is 0.0899. The minimum atomic E-state index is -0.378. The number of carbonyl (C=O) groups is 1. The van der Waals surface area contributed by atoms with E-state index >= 15 is 0 Å². The van der Waals surface area contributed by atoms with Gasteiger partial charge in [0.15, 0.2) is 5.69 Å². The van der Waals surface area contributed by atoms with Gasteiger partial charge in [0.25, 0.3) is 5.91 Å². The molecule has 1 atom stereocenters. The Morgan fingerprint density at radius 2 is 2.22 bits per heavy atom. The summed E-state index contributed by atoms with van der Waals surface area (Å²) < 4.78 is 2.04. The Hall–Kier alpha value is -1.88. The van der Waals surface area contributed by atoms with Crippen molar-refractivity contribution in [3.63, 3.8) is 0 Å². The Morgan fingerprint density at radius 3 is 2.87 bits per heavy atom. The number of carbonyl (C=O) groups excluding carboxylic acids is 1. The molecule has 0 radical (unpaired) electrons. The summed E-state index contributed by atoms with van der Waals surface area (Å²) in [6.45, 7) is 6.37. The lowest BCUT2D eigenvalue weighted by Gasteiger charge is -2.26. The summed E-state index contributed by atoms with van der Waals surface area (Å²) in [4.78, 5) is 17.2. The molecule has 1 unspecified atom stereocenters. The fraction of sp³-hybridized carbons (Fsp3) is 0.556. The van der Waals surface area contributed by atoms with Gasteiger partial charge in [-0.25, -0.2) is 4.98 Å². The highest BCUT2D eigenvalue weighted by molar-refractivity contribution is 5.99. The third-order valence-corrected chi connectivity index (χ3v) is 4.31. The van der Waals surface area contributed by atoms with Gasteiger partial charge in [-0.15, -0.1) is 0 Å². The van der Waals surface area contributed by atoms with E-state index in [1.165, 1.54) is 0 Å². The van der Waals surface area contributed by atoms with Gasteiger partial charge in [-0.2, -0.15) is 0 Å². The second-order valence-electron chi connectivity index (χ2n) is 7.45. The molecule has 1 aliphatic carbocycles. The van der Waals surface area contributed by atoms with E-state index in [-0.39, 0.29) is 17.4 Å². The van der Waals surface area contributed by atoms with Crippen LogP contribution in [0, 0.1) is 5.41 Å². The molecule has 1 amide bonds. The van der Waals surface area contributed by atoms with Gasteiger partial charge < -0.3 is 14.8 Å². The summed E-state index contributed by atoms with van der Waals surface area (Å²) in [7, 11) is 0. The first kappa shape index (κ1) is 16.0. The predicted octanol–water partition coefficient (Wildman–Crippen LogP) is 2.74. The molecule has 0 spiro atoms. The number of hydrogen-bond acceptors (Lipinski definition) is 3. The van der Waals surface area contributed by atoms with Gasteiger partial charge in [0.1, 0.15) is 5.82 Å². The van der Waals surface area contributed by atoms with Crippen molar-refractivity contribution in [2.24, 2.45) is 5.41 Å². The maximum Gasteiger partial charge on any atom is 0.272 e. The van der Waals surface area contributed by atoms with Gasteiger partial charge >= 0.3 is 0 Å². The van der Waals surface area contributed by atoms with E-state index < -0.39 is 0 Å². The predicted molar refractivity (Wildman–Crippen MR) is 89.6 cm³/mol. The van der Waals surface area contributed by atoms with Crippen molar-refractivity contribution >= 4 is 11.4 Å². The summed E-state index contributed by atoms with van der Waals surface area (Å²) in [5.41, 5.74) is 1.21. The fourth-order valence-corrected chi connectivity index (χ4v) is 3.13. The molecule has 2 aromatic heterocycles. The molecule has 0 aromatic carbocycles. The van der Waals surface area contributed by atoms with Crippen LogP contribution in [0.15, 0.2) is 24.4 Å². The molecule has 0 saturated heterocycles. The maximum absolute atomic E-state index is 12.6. The van der Waals surface area contributed by atoms with Crippen LogP contribution in [-0.2, 0) is 0 Å². The topological polar surface area (TPSA) is 66.6 Å². The summed E-state index contributed by atoms with van der Waals surface area (Å²) in [5.74, 6) is 1.34. The van der Waals surface area contributed by atoms with Crippen molar-refractivity contribution in [1.82, 2.24) is 14.7 Å². The average molecular weight is 315 g/mol. The Bertz CT molecular complexity index is 714. The highest BCUT2D eigenvalue weighted by atomic mass is 16.3. The van der Waals surface area contributed by atoms with Crippen molar-refractivity contribution in [2.75, 3.05) is 6.54 Å². The van der Waals surface area contributed by atoms with Gasteiger partial charge in [0, 0.05) is 18.7 Å². The minimum Gasteiger partial charge on any atom is -0.393 e. The van der Waals surface area contributed by atoms with Gasteiger partial charge in [-0.1, -0.05) is 19.9 Å². The molecular formula is C18H25N3O2. The van der Waals surface area contributed by atoms with E-state index in [1.807, 2.05) is 42.6 Å². The zero-order chi connectivity index (χ0) is 16.6. The molecular weight excluding hydrogens is 290 g/mol. The average Bonchev–Trinajstić information content (AvgIpc) is 3.24. The van der Waals surface area contributed by atoms with E-state index in [0.717, 1.165) is 24.2 Å². The quantitative estimate of drug-likeness (QED) is 0.861. The Balaban J connectivity index is 1.79. The van der Waals surface area contributed by atoms with Gasteiger partial charge in [0.05, 0.1) is 11.6 Å². The Labute approximate surface area is 136 Å². The van der Waals surface area contributed by atoms with Crippen molar-refractivity contribution in [3.05, 3.63) is 35.9 Å². The lowest BCUT2D eigenvalue weighted by Crippen LogP contribution is -2.36. The molecule has 2 aromatic rings. The first-order valence-electron chi connectivity index (χ1n) is 8.31. The molecule has 1 aliphatic rings. The number of hydrogen-bond donors (Lipinski definition) is 2. The molecule has 2 heterocycles. The van der Waals surface area contributed by atoms with Crippen LogP contribution in [0.2, 0.25) is 0 Å². The van der Waals surface area contributed by atoms with Crippen molar-refractivity contribution in [3.8, 4) is 0 Å². The highest BCUT2D eigenvalue weighted by Gasteiger charge is 2.30. The van der Waals surface area contributed by atoms with Crippen LogP contribution in [0.3, 0.4) is 0 Å². The zero-order valence-electron chi connectivity index (χ0n) is 14.0. The fourth-order valence-electron chi connectivity index (χ4n) is 3.13. The van der Waals surface area contributed by atoms with Gasteiger partial charge in [0.2, 0.25) is 0 Å². The van der Waals surface area contributed by atoms with E-state index in [4.69, 9.17) is 0 Å². The molecule has 0 bridgehead atoms. The number of aliphatic hydroxyl groups excluding tert-OH is 1. The number of imidazole rings is 1. The molecule has 2 N–H and O–H groups in total. The van der Waals surface area contributed by atoms with Crippen LogP contribution in [0.4, 0.5) is 0 Å². The minimum absolute atomic E-state index is 0.140. The lowest BCUT2D eigenvalue weighted by atomic mass is 9.87. The smallest absolute Gasteiger partial charge is 0.272 e.